The minimum Gasteiger partial charge on any atom is -0.507 e. The van der Waals surface area contributed by atoms with Crippen molar-refractivity contribution in [3.63, 3.8) is 0 Å². The first-order chi connectivity index (χ1) is 23.7. The maximum absolute atomic E-state index is 13.7. The molecule has 0 saturated carbocycles. The molecule has 6 rings (SSSR count). The number of hydrogen-bond acceptors (Lipinski definition) is 9. The van der Waals surface area contributed by atoms with Crippen molar-refractivity contribution in [1.82, 2.24) is 4.98 Å². The Bertz CT molecular complexity index is 2020. The number of Topliss-reactive ketones (excluding diaryl/α,β-unsaturated/α-hetero) is 1. The highest BCUT2D eigenvalue weighted by Gasteiger charge is 2.48. The van der Waals surface area contributed by atoms with E-state index in [1.165, 1.54) is 4.90 Å². The molecule has 4 aromatic carbocycles. The van der Waals surface area contributed by atoms with E-state index < -0.39 is 23.7 Å². The van der Waals surface area contributed by atoms with Crippen LogP contribution < -0.4 is 14.4 Å². The third kappa shape index (κ3) is 7.24. The summed E-state index contributed by atoms with van der Waals surface area (Å²) in [6.07, 6.45) is 0. The van der Waals surface area contributed by atoms with E-state index in [4.69, 9.17) is 14.2 Å². The first-order valence-electron chi connectivity index (χ1n) is 15.7. The van der Waals surface area contributed by atoms with Crippen LogP contribution in [0, 0.1) is 13.8 Å². The number of carbonyl (C=O) groups excluding carboxylic acids is 3. The summed E-state index contributed by atoms with van der Waals surface area (Å²) in [5, 5.41) is 11.8. The Labute approximate surface area is 288 Å². The molecule has 0 radical (unpaired) electrons. The summed E-state index contributed by atoms with van der Waals surface area (Å²) >= 11 is 0.956. The second-order valence-corrected chi connectivity index (χ2v) is 12.4. The van der Waals surface area contributed by atoms with Gasteiger partial charge in [-0.3, -0.25) is 14.5 Å². The number of ether oxygens (including phenoxy) is 3. The molecule has 1 aliphatic rings. The lowest BCUT2D eigenvalue weighted by Gasteiger charge is -2.23. The predicted octanol–water partition coefficient (Wildman–Crippen LogP) is 7.72. The zero-order valence-electron chi connectivity index (χ0n) is 27.2. The summed E-state index contributed by atoms with van der Waals surface area (Å²) in [5.74, 6) is -1.51. The number of thiazole rings is 1. The number of carbonyl (C=O) groups is 3. The Hall–Kier alpha value is -5.74. The second kappa shape index (κ2) is 14.6. The van der Waals surface area contributed by atoms with E-state index in [1.807, 2.05) is 61.5 Å². The molecule has 5 aromatic rings. The molecule has 9 nitrogen and oxygen atoms in total. The molecule has 1 aromatic heterocycles. The van der Waals surface area contributed by atoms with Gasteiger partial charge in [0.25, 0.3) is 5.78 Å². The Morgan fingerprint density at radius 2 is 1.47 bits per heavy atom. The monoisotopic (exact) mass is 674 g/mol. The number of amides is 1. The van der Waals surface area contributed by atoms with E-state index in [2.05, 4.69) is 4.98 Å². The number of esters is 1. The standard InChI is InChI=1S/C39H34N2O7S/c1-4-46-38(45)36-25(3)40-39(49-36)41-33(28-13-17-30(18-14-28)47-22-26-10-6-5-7-11-26)32(35(43)37(41)44)34(42)29-15-19-31(20-16-29)48-23-27-12-8-9-24(2)21-27/h5-21,33,42H,4,22-23H2,1-3H3. The first-order valence-corrected chi connectivity index (χ1v) is 16.6. The van der Waals surface area contributed by atoms with Crippen molar-refractivity contribution >= 4 is 39.9 Å². The number of rotatable bonds is 11. The molecule has 49 heavy (non-hydrogen) atoms. The first kappa shape index (κ1) is 33.2. The molecule has 248 valence electrons. The predicted molar refractivity (Wildman–Crippen MR) is 187 cm³/mol. The summed E-state index contributed by atoms with van der Waals surface area (Å²) in [7, 11) is 0. The van der Waals surface area contributed by atoms with Crippen molar-refractivity contribution in [2.75, 3.05) is 11.5 Å². The van der Waals surface area contributed by atoms with Crippen LogP contribution in [0.1, 0.15) is 56.1 Å². The molecule has 0 aliphatic carbocycles. The Kier molecular flexibility index (Phi) is 9.87. The number of nitrogens with zero attached hydrogens (tertiary/aromatic N) is 2. The molecule has 2 heterocycles. The van der Waals surface area contributed by atoms with Crippen molar-refractivity contribution in [3.05, 3.63) is 147 Å². The lowest BCUT2D eigenvalue weighted by atomic mass is 9.95. The number of benzene rings is 4. The summed E-state index contributed by atoms with van der Waals surface area (Å²) < 4.78 is 17.1. The van der Waals surface area contributed by atoms with E-state index in [9.17, 15) is 19.5 Å². The van der Waals surface area contributed by atoms with Crippen LogP contribution in [0.4, 0.5) is 5.13 Å². The van der Waals surface area contributed by atoms with Crippen LogP contribution in [0.25, 0.3) is 5.76 Å². The van der Waals surface area contributed by atoms with Crippen molar-refractivity contribution in [3.8, 4) is 11.5 Å². The maximum Gasteiger partial charge on any atom is 0.350 e. The fourth-order valence-electron chi connectivity index (χ4n) is 5.54. The SMILES string of the molecule is CCOC(=O)c1sc(N2C(=O)C(=O)C(=C(O)c3ccc(OCc4cccc(C)c4)cc3)C2c2ccc(OCc3ccccc3)cc2)nc1C. The molecular formula is C39H34N2O7S. The number of anilines is 1. The van der Waals surface area contributed by atoms with Crippen molar-refractivity contribution < 1.29 is 33.7 Å². The highest BCUT2D eigenvalue weighted by Crippen LogP contribution is 2.44. The van der Waals surface area contributed by atoms with Gasteiger partial charge in [-0.2, -0.15) is 0 Å². The summed E-state index contributed by atoms with van der Waals surface area (Å²) in [6, 6.07) is 30.3. The van der Waals surface area contributed by atoms with Crippen LogP contribution in [0.2, 0.25) is 0 Å². The number of hydrogen-bond donors (Lipinski definition) is 1. The van der Waals surface area contributed by atoms with E-state index in [0.29, 0.717) is 41.5 Å². The Morgan fingerprint density at radius 1 is 0.837 bits per heavy atom. The van der Waals surface area contributed by atoms with Crippen molar-refractivity contribution in [2.24, 2.45) is 0 Å². The van der Waals surface area contributed by atoms with Gasteiger partial charge in [0.15, 0.2) is 5.13 Å². The van der Waals surface area contributed by atoms with E-state index >= 15 is 0 Å². The molecule has 1 amide bonds. The molecule has 10 heteroatoms. The van der Waals surface area contributed by atoms with Crippen LogP contribution in [0.15, 0.2) is 109 Å². The molecule has 0 bridgehead atoms. The van der Waals surface area contributed by atoms with Gasteiger partial charge in [0.05, 0.1) is 23.9 Å². The average molecular weight is 675 g/mol. The summed E-state index contributed by atoms with van der Waals surface area (Å²) in [6.45, 7) is 6.25. The van der Waals surface area contributed by atoms with Gasteiger partial charge in [0, 0.05) is 5.56 Å². The van der Waals surface area contributed by atoms with E-state index in [-0.39, 0.29) is 27.9 Å². The third-order valence-corrected chi connectivity index (χ3v) is 9.09. The van der Waals surface area contributed by atoms with Crippen LogP contribution >= 0.6 is 11.3 Å². The highest BCUT2D eigenvalue weighted by molar-refractivity contribution is 7.17. The zero-order valence-corrected chi connectivity index (χ0v) is 28.0. The maximum atomic E-state index is 13.7. The number of aryl methyl sites for hydroxylation is 2. The van der Waals surface area contributed by atoms with Crippen molar-refractivity contribution in [2.45, 2.75) is 40.0 Å². The van der Waals surface area contributed by atoms with Gasteiger partial charge in [-0.1, -0.05) is 83.6 Å². The van der Waals surface area contributed by atoms with Gasteiger partial charge in [0.2, 0.25) is 0 Å². The van der Waals surface area contributed by atoms with E-state index in [0.717, 1.165) is 28.0 Å². The van der Waals surface area contributed by atoms with Gasteiger partial charge >= 0.3 is 11.9 Å². The van der Waals surface area contributed by atoms with Gasteiger partial charge in [-0.05, 0) is 73.9 Å². The van der Waals surface area contributed by atoms with Gasteiger partial charge in [-0.15, -0.1) is 0 Å². The fourth-order valence-corrected chi connectivity index (χ4v) is 6.52. The lowest BCUT2D eigenvalue weighted by Crippen LogP contribution is -2.29. The van der Waals surface area contributed by atoms with Gasteiger partial charge in [-0.25, -0.2) is 9.78 Å². The Morgan fingerprint density at radius 3 is 2.12 bits per heavy atom. The number of ketones is 1. The number of aliphatic hydroxyl groups excluding tert-OH is 1. The van der Waals surface area contributed by atoms with Gasteiger partial charge < -0.3 is 19.3 Å². The molecule has 1 N–H and O–H groups in total. The molecule has 1 saturated heterocycles. The molecule has 1 atom stereocenters. The zero-order chi connectivity index (χ0) is 34.5. The lowest BCUT2D eigenvalue weighted by molar-refractivity contribution is -0.132. The van der Waals surface area contributed by atoms with Crippen LogP contribution in [0.5, 0.6) is 11.5 Å². The topological polar surface area (TPSA) is 115 Å². The average Bonchev–Trinajstić information content (AvgIpc) is 3.63. The minimum absolute atomic E-state index is 0.109. The van der Waals surface area contributed by atoms with Gasteiger partial charge in [0.1, 0.15) is 35.3 Å². The van der Waals surface area contributed by atoms with Crippen LogP contribution in [-0.2, 0) is 27.5 Å². The highest BCUT2D eigenvalue weighted by atomic mass is 32.1. The van der Waals surface area contributed by atoms with E-state index in [1.54, 1.807) is 62.4 Å². The third-order valence-electron chi connectivity index (χ3n) is 7.96. The molecule has 1 fully saturated rings. The smallest absolute Gasteiger partial charge is 0.350 e. The number of aliphatic hydroxyl groups is 1. The minimum atomic E-state index is -1.04. The van der Waals surface area contributed by atoms with Crippen molar-refractivity contribution in [1.29, 1.82) is 0 Å². The quantitative estimate of drug-likeness (QED) is 0.0656. The fraction of sp³-hybridized carbons (Fsp3) is 0.179. The summed E-state index contributed by atoms with van der Waals surface area (Å²) in [5.41, 5.74) is 4.28. The second-order valence-electron chi connectivity index (χ2n) is 11.4. The largest absolute Gasteiger partial charge is 0.507 e. The van der Waals surface area contributed by atoms with Crippen LogP contribution in [-0.4, -0.2) is 34.4 Å². The molecular weight excluding hydrogens is 641 g/mol. The molecule has 1 unspecified atom stereocenters. The Balaban J connectivity index is 1.34. The van der Waals surface area contributed by atoms with Crippen LogP contribution in [0.3, 0.4) is 0 Å². The molecule has 1 aliphatic heterocycles. The summed E-state index contributed by atoms with van der Waals surface area (Å²) in [4.78, 5) is 46.0. The number of aromatic nitrogens is 1. The molecule has 0 spiro atoms. The normalized spacial score (nSPS) is 15.3.